The quantitative estimate of drug-likeness (QED) is 0.314. The van der Waals surface area contributed by atoms with Crippen LogP contribution in [0.15, 0.2) is 42.5 Å². The van der Waals surface area contributed by atoms with Crippen molar-refractivity contribution in [1.29, 1.82) is 0 Å². The number of anilines is 2. The van der Waals surface area contributed by atoms with Crippen LogP contribution in [-0.2, 0) is 11.2 Å². The number of thiazole rings is 1. The first-order chi connectivity index (χ1) is 15.0. The molecule has 0 aliphatic rings. The zero-order valence-electron chi connectivity index (χ0n) is 18.0. The minimum absolute atomic E-state index is 0.0177. The fraction of sp³-hybridized carbons (Fsp3) is 0.333. The summed E-state index contributed by atoms with van der Waals surface area (Å²) >= 11 is 13.9. The van der Waals surface area contributed by atoms with Crippen LogP contribution >= 0.6 is 34.5 Å². The summed E-state index contributed by atoms with van der Waals surface area (Å²) < 4.78 is 5.56. The van der Waals surface area contributed by atoms with Crippen molar-refractivity contribution >= 4 is 51.3 Å². The molecule has 0 aliphatic heterocycles. The largest absolute Gasteiger partial charge is 0.494 e. The van der Waals surface area contributed by atoms with Gasteiger partial charge in [0, 0.05) is 16.9 Å². The molecule has 2 aromatic carbocycles. The van der Waals surface area contributed by atoms with Crippen molar-refractivity contribution in [3.8, 4) is 17.0 Å². The summed E-state index contributed by atoms with van der Waals surface area (Å²) in [5, 5.41) is 1.50. The van der Waals surface area contributed by atoms with Crippen molar-refractivity contribution in [3.05, 3.63) is 57.4 Å². The van der Waals surface area contributed by atoms with Crippen LogP contribution in [0.3, 0.4) is 0 Å². The average Bonchev–Trinajstić information content (AvgIpc) is 3.15. The molecule has 1 aromatic heterocycles. The Morgan fingerprint density at radius 2 is 1.77 bits per heavy atom. The summed E-state index contributed by atoms with van der Waals surface area (Å²) in [5.41, 5.74) is 2.58. The number of benzene rings is 2. The SMILES string of the molecule is CCCC(=O)N(c1ccc(Cl)c(Cl)c1)c1nc(-c2ccc(OCC)cc2)c(CCC)s1. The first-order valence-electron chi connectivity index (χ1n) is 10.5. The second-order valence-corrected chi connectivity index (χ2v) is 8.93. The first kappa shape index (κ1) is 23.6. The highest BCUT2D eigenvalue weighted by atomic mass is 35.5. The summed E-state index contributed by atoms with van der Waals surface area (Å²) in [7, 11) is 0. The molecule has 0 N–H and O–H groups in total. The number of rotatable bonds is 9. The zero-order chi connectivity index (χ0) is 22.4. The molecule has 7 heteroatoms. The summed E-state index contributed by atoms with van der Waals surface area (Å²) in [6.07, 6.45) is 3.04. The van der Waals surface area contributed by atoms with Crippen LogP contribution in [0.25, 0.3) is 11.3 Å². The number of aromatic nitrogens is 1. The van der Waals surface area contributed by atoms with E-state index in [9.17, 15) is 4.79 Å². The smallest absolute Gasteiger partial charge is 0.233 e. The minimum Gasteiger partial charge on any atom is -0.494 e. The molecule has 0 bridgehead atoms. The first-order valence-corrected chi connectivity index (χ1v) is 12.1. The number of carbonyl (C=O) groups excluding carboxylic acids is 1. The maximum Gasteiger partial charge on any atom is 0.233 e. The van der Waals surface area contributed by atoms with Crippen LogP contribution in [0, 0.1) is 0 Å². The van der Waals surface area contributed by atoms with Gasteiger partial charge in [-0.2, -0.15) is 0 Å². The molecule has 0 fully saturated rings. The molecule has 1 heterocycles. The van der Waals surface area contributed by atoms with Crippen molar-refractivity contribution < 1.29 is 9.53 Å². The zero-order valence-corrected chi connectivity index (χ0v) is 20.3. The molecular formula is C24H26Cl2N2O2S. The summed E-state index contributed by atoms with van der Waals surface area (Å²) in [5.74, 6) is 0.810. The number of ether oxygens (including phenoxy) is 1. The van der Waals surface area contributed by atoms with Gasteiger partial charge in [-0.1, -0.05) is 43.5 Å². The van der Waals surface area contributed by atoms with Gasteiger partial charge in [0.15, 0.2) is 5.13 Å². The average molecular weight is 477 g/mol. The number of hydrogen-bond donors (Lipinski definition) is 0. The van der Waals surface area contributed by atoms with E-state index in [1.165, 1.54) is 0 Å². The van der Waals surface area contributed by atoms with Gasteiger partial charge in [0.25, 0.3) is 0 Å². The molecule has 0 saturated carbocycles. The van der Waals surface area contributed by atoms with Gasteiger partial charge in [-0.25, -0.2) is 4.98 Å². The van der Waals surface area contributed by atoms with Gasteiger partial charge in [-0.3, -0.25) is 9.69 Å². The summed E-state index contributed by atoms with van der Waals surface area (Å²) in [4.78, 5) is 20.8. The second-order valence-electron chi connectivity index (χ2n) is 7.05. The van der Waals surface area contributed by atoms with Crippen LogP contribution in [0.2, 0.25) is 10.0 Å². The molecule has 1 amide bonds. The third kappa shape index (κ3) is 5.59. The number of aryl methyl sites for hydroxylation is 1. The van der Waals surface area contributed by atoms with E-state index in [0.29, 0.717) is 33.9 Å². The Bertz CT molecular complexity index is 1030. The molecule has 3 rings (SSSR count). The van der Waals surface area contributed by atoms with Crippen molar-refractivity contribution in [2.45, 2.75) is 46.5 Å². The van der Waals surface area contributed by atoms with Gasteiger partial charge in [0.1, 0.15) is 5.75 Å². The van der Waals surface area contributed by atoms with Crippen LogP contribution < -0.4 is 9.64 Å². The Kier molecular flexibility index (Phi) is 8.35. The van der Waals surface area contributed by atoms with Gasteiger partial charge in [-0.15, -0.1) is 11.3 Å². The van der Waals surface area contributed by atoms with E-state index < -0.39 is 0 Å². The third-order valence-electron chi connectivity index (χ3n) is 4.67. The highest BCUT2D eigenvalue weighted by Crippen LogP contribution is 2.39. The Balaban J connectivity index is 2.07. The summed E-state index contributed by atoms with van der Waals surface area (Å²) in [6, 6.07) is 13.2. The molecule has 31 heavy (non-hydrogen) atoms. The van der Waals surface area contributed by atoms with Crippen LogP contribution in [-0.4, -0.2) is 17.5 Å². The lowest BCUT2D eigenvalue weighted by atomic mass is 10.1. The molecule has 4 nitrogen and oxygen atoms in total. The molecule has 0 aliphatic carbocycles. The third-order valence-corrected chi connectivity index (χ3v) is 6.51. The molecule has 0 saturated heterocycles. The Morgan fingerprint density at radius 3 is 2.39 bits per heavy atom. The van der Waals surface area contributed by atoms with Gasteiger partial charge in [-0.05, 0) is 62.2 Å². The molecule has 0 unspecified atom stereocenters. The van der Waals surface area contributed by atoms with E-state index in [2.05, 4.69) is 6.92 Å². The van der Waals surface area contributed by atoms with Crippen molar-refractivity contribution in [2.24, 2.45) is 0 Å². The topological polar surface area (TPSA) is 42.4 Å². The molecule has 0 spiro atoms. The van der Waals surface area contributed by atoms with Crippen molar-refractivity contribution in [2.75, 3.05) is 11.5 Å². The molecule has 0 radical (unpaired) electrons. The van der Waals surface area contributed by atoms with Crippen LogP contribution in [0.1, 0.15) is 44.9 Å². The Hall–Kier alpha value is -2.08. The number of hydrogen-bond acceptors (Lipinski definition) is 4. The predicted molar refractivity (Wildman–Crippen MR) is 131 cm³/mol. The van der Waals surface area contributed by atoms with Crippen LogP contribution in [0.5, 0.6) is 5.75 Å². The Labute approximate surface area is 197 Å². The van der Waals surface area contributed by atoms with Crippen molar-refractivity contribution in [3.63, 3.8) is 0 Å². The van der Waals surface area contributed by atoms with Gasteiger partial charge in [0.05, 0.1) is 28.0 Å². The van der Waals surface area contributed by atoms with Gasteiger partial charge >= 0.3 is 0 Å². The van der Waals surface area contributed by atoms with E-state index in [4.69, 9.17) is 32.9 Å². The van der Waals surface area contributed by atoms with E-state index in [-0.39, 0.29) is 5.91 Å². The summed E-state index contributed by atoms with van der Waals surface area (Å²) in [6.45, 7) is 6.71. The van der Waals surface area contributed by atoms with Gasteiger partial charge in [0.2, 0.25) is 5.91 Å². The van der Waals surface area contributed by atoms with Crippen LogP contribution in [0.4, 0.5) is 10.8 Å². The van der Waals surface area contributed by atoms with Gasteiger partial charge < -0.3 is 4.74 Å². The molecule has 164 valence electrons. The fourth-order valence-electron chi connectivity index (χ4n) is 3.24. The molecule has 0 atom stereocenters. The van der Waals surface area contributed by atoms with Crippen molar-refractivity contribution in [1.82, 2.24) is 4.98 Å². The molecular weight excluding hydrogens is 451 g/mol. The molecule has 3 aromatic rings. The fourth-order valence-corrected chi connectivity index (χ4v) is 4.76. The lowest BCUT2D eigenvalue weighted by molar-refractivity contribution is -0.117. The number of halogens is 2. The second kappa shape index (κ2) is 11.0. The highest BCUT2D eigenvalue weighted by molar-refractivity contribution is 7.16. The van der Waals surface area contributed by atoms with E-state index in [0.717, 1.165) is 41.1 Å². The minimum atomic E-state index is -0.0177. The normalized spacial score (nSPS) is 10.9. The standard InChI is InChI=1S/C24H26Cl2N2O2S/c1-4-7-21-23(16-9-12-18(13-10-16)30-6-3)27-24(31-21)28(22(29)8-5-2)17-11-14-19(25)20(26)15-17/h9-15H,4-8H2,1-3H3. The lowest BCUT2D eigenvalue weighted by Gasteiger charge is -2.20. The predicted octanol–water partition coefficient (Wildman–Crippen LogP) is 7.93. The maximum absolute atomic E-state index is 13.1. The lowest BCUT2D eigenvalue weighted by Crippen LogP contribution is -2.25. The number of nitrogens with zero attached hydrogens (tertiary/aromatic N) is 2. The maximum atomic E-state index is 13.1. The van der Waals surface area contributed by atoms with E-state index in [1.54, 1.807) is 34.4 Å². The van der Waals surface area contributed by atoms with E-state index >= 15 is 0 Å². The Morgan fingerprint density at radius 1 is 1.03 bits per heavy atom. The number of amides is 1. The monoisotopic (exact) mass is 476 g/mol. The van der Waals surface area contributed by atoms with E-state index in [1.807, 2.05) is 38.1 Å². The highest BCUT2D eigenvalue weighted by Gasteiger charge is 2.24. The number of carbonyl (C=O) groups is 1.